The minimum absolute atomic E-state index is 0.0240. The normalized spacial score (nSPS) is 10.1. The van der Waals surface area contributed by atoms with Crippen LogP contribution in [0, 0.1) is 0 Å². The summed E-state index contributed by atoms with van der Waals surface area (Å²) in [5.74, 6) is -0.428. The van der Waals surface area contributed by atoms with E-state index in [1.54, 1.807) is 0 Å². The van der Waals surface area contributed by atoms with Crippen LogP contribution in [-0.4, -0.2) is 24.4 Å². The number of alkyl halides is 3. The van der Waals surface area contributed by atoms with Crippen LogP contribution in [0.2, 0.25) is 0 Å². The SMILES string of the molecule is O=C(CCCl)NC(=O)Nc1ccc(OC(F)F)cc1. The molecule has 1 aromatic carbocycles. The fourth-order valence-corrected chi connectivity index (χ4v) is 1.33. The Morgan fingerprint density at radius 1 is 1.26 bits per heavy atom. The number of rotatable bonds is 5. The van der Waals surface area contributed by atoms with Crippen LogP contribution in [0.3, 0.4) is 0 Å². The van der Waals surface area contributed by atoms with Crippen molar-refractivity contribution in [2.75, 3.05) is 11.2 Å². The summed E-state index contributed by atoms with van der Waals surface area (Å²) in [6.07, 6.45) is 0.0240. The van der Waals surface area contributed by atoms with E-state index >= 15 is 0 Å². The number of ether oxygens (including phenoxy) is 1. The molecule has 0 unspecified atom stereocenters. The second-order valence-corrected chi connectivity index (χ2v) is 3.72. The van der Waals surface area contributed by atoms with Gasteiger partial charge in [-0.15, -0.1) is 11.6 Å². The molecule has 8 heteroatoms. The molecule has 5 nitrogen and oxygen atoms in total. The summed E-state index contributed by atoms with van der Waals surface area (Å²) in [4.78, 5) is 22.4. The molecule has 2 N–H and O–H groups in total. The highest BCUT2D eigenvalue weighted by atomic mass is 35.5. The highest BCUT2D eigenvalue weighted by Crippen LogP contribution is 2.17. The zero-order chi connectivity index (χ0) is 14.3. The predicted molar refractivity (Wildman–Crippen MR) is 65.6 cm³/mol. The first-order valence-corrected chi connectivity index (χ1v) is 5.76. The van der Waals surface area contributed by atoms with Gasteiger partial charge in [-0.3, -0.25) is 10.1 Å². The summed E-state index contributed by atoms with van der Waals surface area (Å²) in [5.41, 5.74) is 0.331. The number of imide groups is 1. The van der Waals surface area contributed by atoms with Crippen molar-refractivity contribution in [3.63, 3.8) is 0 Å². The third kappa shape index (κ3) is 6.01. The molecule has 3 amide bonds. The van der Waals surface area contributed by atoms with Gasteiger partial charge in [-0.05, 0) is 24.3 Å². The molecule has 0 aliphatic rings. The van der Waals surface area contributed by atoms with Gasteiger partial charge in [0.1, 0.15) is 5.75 Å². The van der Waals surface area contributed by atoms with Crippen LogP contribution in [0.1, 0.15) is 6.42 Å². The molecule has 0 spiro atoms. The van der Waals surface area contributed by atoms with Gasteiger partial charge in [0, 0.05) is 18.0 Å². The quantitative estimate of drug-likeness (QED) is 0.820. The lowest BCUT2D eigenvalue weighted by Gasteiger charge is -2.07. The van der Waals surface area contributed by atoms with Crippen LogP contribution in [0.15, 0.2) is 24.3 Å². The molecule has 0 aliphatic carbocycles. The van der Waals surface area contributed by atoms with Gasteiger partial charge in [0.2, 0.25) is 5.91 Å². The van der Waals surface area contributed by atoms with Crippen molar-refractivity contribution >= 4 is 29.2 Å². The molecule has 1 rings (SSSR count). The molecule has 19 heavy (non-hydrogen) atoms. The van der Waals surface area contributed by atoms with Crippen molar-refractivity contribution in [3.05, 3.63) is 24.3 Å². The molecule has 0 fully saturated rings. The lowest BCUT2D eigenvalue weighted by Crippen LogP contribution is -2.34. The largest absolute Gasteiger partial charge is 0.435 e. The molecule has 0 radical (unpaired) electrons. The van der Waals surface area contributed by atoms with Crippen LogP contribution >= 0.6 is 11.6 Å². The van der Waals surface area contributed by atoms with Crippen molar-refractivity contribution < 1.29 is 23.1 Å². The summed E-state index contributed by atoms with van der Waals surface area (Å²) >= 11 is 5.33. The Balaban J connectivity index is 2.48. The van der Waals surface area contributed by atoms with Crippen LogP contribution in [0.25, 0.3) is 0 Å². The summed E-state index contributed by atoms with van der Waals surface area (Å²) < 4.78 is 27.9. The number of amides is 3. The molecular weight excluding hydrogens is 282 g/mol. The number of benzene rings is 1. The lowest BCUT2D eigenvalue weighted by molar-refractivity contribution is -0.119. The van der Waals surface area contributed by atoms with E-state index in [1.807, 2.05) is 0 Å². The Kier molecular flexibility index (Phi) is 6.01. The summed E-state index contributed by atoms with van der Waals surface area (Å²) in [6, 6.07) is 4.54. The minimum Gasteiger partial charge on any atom is -0.435 e. The van der Waals surface area contributed by atoms with E-state index in [0.717, 1.165) is 0 Å². The van der Waals surface area contributed by atoms with Crippen molar-refractivity contribution in [1.82, 2.24) is 5.32 Å². The number of halogens is 3. The first-order chi connectivity index (χ1) is 9.01. The second-order valence-electron chi connectivity index (χ2n) is 3.34. The smallest absolute Gasteiger partial charge is 0.387 e. The highest BCUT2D eigenvalue weighted by molar-refractivity contribution is 6.19. The van der Waals surface area contributed by atoms with E-state index in [4.69, 9.17) is 11.6 Å². The van der Waals surface area contributed by atoms with Crippen LogP contribution in [0.4, 0.5) is 19.3 Å². The van der Waals surface area contributed by atoms with Gasteiger partial charge in [0.05, 0.1) is 0 Å². The summed E-state index contributed by atoms with van der Waals surface area (Å²) in [5, 5.41) is 4.41. The first-order valence-electron chi connectivity index (χ1n) is 5.23. The molecule has 0 aromatic heterocycles. The maximum atomic E-state index is 11.9. The topological polar surface area (TPSA) is 67.4 Å². The van der Waals surface area contributed by atoms with E-state index in [1.165, 1.54) is 24.3 Å². The molecule has 0 heterocycles. The molecule has 0 saturated heterocycles. The summed E-state index contributed by atoms with van der Waals surface area (Å²) in [6.45, 7) is -2.91. The predicted octanol–water partition coefficient (Wildman–Crippen LogP) is 2.57. The van der Waals surface area contributed by atoms with Crippen molar-refractivity contribution in [3.8, 4) is 5.75 Å². The number of urea groups is 1. The molecule has 0 bridgehead atoms. The fraction of sp³-hybridized carbons (Fsp3) is 0.273. The molecular formula is C11H11ClF2N2O3. The Labute approximate surface area is 112 Å². The molecule has 0 atom stereocenters. The number of carbonyl (C=O) groups excluding carboxylic acids is 2. The standard InChI is InChI=1S/C11H11ClF2N2O3/c12-6-5-9(17)16-11(18)15-7-1-3-8(4-2-7)19-10(13)14/h1-4,10H,5-6H2,(H2,15,16,17,18). The second kappa shape index (κ2) is 7.52. The summed E-state index contributed by atoms with van der Waals surface area (Å²) in [7, 11) is 0. The van der Waals surface area contributed by atoms with Gasteiger partial charge in [-0.25, -0.2) is 4.79 Å². The van der Waals surface area contributed by atoms with E-state index in [0.29, 0.717) is 5.69 Å². The zero-order valence-corrected chi connectivity index (χ0v) is 10.4. The van der Waals surface area contributed by atoms with E-state index in [2.05, 4.69) is 15.4 Å². The van der Waals surface area contributed by atoms with Crippen molar-refractivity contribution in [2.24, 2.45) is 0 Å². The van der Waals surface area contributed by atoms with E-state index in [-0.39, 0.29) is 18.1 Å². The van der Waals surface area contributed by atoms with Crippen LogP contribution < -0.4 is 15.4 Å². The molecule has 104 valence electrons. The Hall–Kier alpha value is -1.89. The van der Waals surface area contributed by atoms with Gasteiger partial charge < -0.3 is 10.1 Å². The van der Waals surface area contributed by atoms with E-state index < -0.39 is 18.5 Å². The average Bonchev–Trinajstić information content (AvgIpc) is 2.31. The maximum Gasteiger partial charge on any atom is 0.387 e. The fourth-order valence-electron chi connectivity index (χ4n) is 1.16. The van der Waals surface area contributed by atoms with Crippen LogP contribution in [-0.2, 0) is 4.79 Å². The van der Waals surface area contributed by atoms with Gasteiger partial charge in [-0.2, -0.15) is 8.78 Å². The van der Waals surface area contributed by atoms with E-state index in [9.17, 15) is 18.4 Å². The molecule has 0 saturated carbocycles. The number of hydrogen-bond acceptors (Lipinski definition) is 3. The lowest BCUT2D eigenvalue weighted by atomic mass is 10.3. The Bertz CT molecular complexity index is 440. The van der Waals surface area contributed by atoms with Gasteiger partial charge in [0.25, 0.3) is 0 Å². The maximum absolute atomic E-state index is 11.9. The van der Waals surface area contributed by atoms with Gasteiger partial charge in [-0.1, -0.05) is 0 Å². The Morgan fingerprint density at radius 3 is 2.42 bits per heavy atom. The Morgan fingerprint density at radius 2 is 1.89 bits per heavy atom. The molecule has 0 aliphatic heterocycles. The highest BCUT2D eigenvalue weighted by Gasteiger charge is 2.08. The first kappa shape index (κ1) is 15.2. The monoisotopic (exact) mass is 292 g/mol. The van der Waals surface area contributed by atoms with Crippen molar-refractivity contribution in [1.29, 1.82) is 0 Å². The number of nitrogens with one attached hydrogen (secondary N) is 2. The number of anilines is 1. The average molecular weight is 293 g/mol. The van der Waals surface area contributed by atoms with Gasteiger partial charge in [0.15, 0.2) is 0 Å². The molecule has 1 aromatic rings. The number of carbonyl (C=O) groups is 2. The van der Waals surface area contributed by atoms with Gasteiger partial charge >= 0.3 is 12.6 Å². The number of hydrogen-bond donors (Lipinski definition) is 2. The zero-order valence-electron chi connectivity index (χ0n) is 9.66. The van der Waals surface area contributed by atoms with Crippen molar-refractivity contribution in [2.45, 2.75) is 13.0 Å². The third-order valence-electron chi connectivity index (χ3n) is 1.91. The third-order valence-corrected chi connectivity index (χ3v) is 2.10. The minimum atomic E-state index is -2.91. The van der Waals surface area contributed by atoms with Crippen LogP contribution in [0.5, 0.6) is 5.75 Å².